The zero-order valence-corrected chi connectivity index (χ0v) is 15.2. The number of benzene rings is 2. The van der Waals surface area contributed by atoms with Crippen LogP contribution in [0.25, 0.3) is 10.8 Å². The number of halogens is 1. The van der Waals surface area contributed by atoms with Gasteiger partial charge in [-0.15, -0.1) is 12.4 Å². The van der Waals surface area contributed by atoms with E-state index in [0.29, 0.717) is 24.3 Å². The van der Waals surface area contributed by atoms with Crippen LogP contribution < -0.4 is 15.2 Å². The van der Waals surface area contributed by atoms with Gasteiger partial charge in [0.15, 0.2) is 0 Å². The molecule has 0 spiro atoms. The van der Waals surface area contributed by atoms with E-state index in [9.17, 15) is 8.42 Å². The first-order chi connectivity index (χ1) is 11.1. The van der Waals surface area contributed by atoms with E-state index < -0.39 is 10.0 Å². The molecule has 0 radical (unpaired) electrons. The Kier molecular flexibility index (Phi) is 8.44. The quantitative estimate of drug-likeness (QED) is 0.654. The molecule has 0 fully saturated rings. The van der Waals surface area contributed by atoms with Gasteiger partial charge in [-0.3, -0.25) is 0 Å². The molecule has 0 bridgehead atoms. The average Bonchev–Trinajstić information content (AvgIpc) is 2.56. The smallest absolute Gasteiger partial charge is 0.244 e. The first-order valence-corrected chi connectivity index (χ1v) is 9.00. The summed E-state index contributed by atoms with van der Waals surface area (Å²) in [6, 6.07) is 10.8. The first kappa shape index (κ1) is 20.7. The van der Waals surface area contributed by atoms with Crippen molar-refractivity contribution >= 4 is 33.2 Å². The van der Waals surface area contributed by atoms with Crippen LogP contribution in [0.3, 0.4) is 0 Å². The lowest BCUT2D eigenvalue weighted by atomic mass is 10.1. The van der Waals surface area contributed by atoms with E-state index in [0.717, 1.165) is 5.39 Å². The Morgan fingerprint density at radius 1 is 1.12 bits per heavy atom. The van der Waals surface area contributed by atoms with Gasteiger partial charge in [-0.05, 0) is 18.4 Å². The lowest BCUT2D eigenvalue weighted by Gasteiger charge is -2.15. The van der Waals surface area contributed by atoms with Gasteiger partial charge in [-0.25, -0.2) is 13.1 Å². The van der Waals surface area contributed by atoms with Crippen molar-refractivity contribution in [3.05, 3.63) is 36.4 Å². The van der Waals surface area contributed by atoms with Crippen molar-refractivity contribution < 1.29 is 17.9 Å². The molecule has 134 valence electrons. The fraction of sp³-hybridized carbons (Fsp3) is 0.375. The number of hydrogen-bond acceptors (Lipinski definition) is 5. The van der Waals surface area contributed by atoms with Crippen LogP contribution in [0.5, 0.6) is 5.75 Å². The molecule has 2 aromatic rings. The molecule has 6 nitrogen and oxygen atoms in total. The molecular weight excluding hydrogens is 352 g/mol. The molecule has 0 aliphatic carbocycles. The Balaban J connectivity index is 0.00000288. The van der Waals surface area contributed by atoms with Gasteiger partial charge in [0, 0.05) is 25.1 Å². The summed E-state index contributed by atoms with van der Waals surface area (Å²) in [5.74, 6) is 0.313. The molecule has 0 atom stereocenters. The van der Waals surface area contributed by atoms with E-state index >= 15 is 0 Å². The highest BCUT2D eigenvalue weighted by Gasteiger charge is 2.22. The fourth-order valence-corrected chi connectivity index (χ4v) is 3.63. The number of ether oxygens (including phenoxy) is 2. The van der Waals surface area contributed by atoms with Gasteiger partial charge in [0.25, 0.3) is 0 Å². The number of fused-ring (bicyclic) bond motifs is 1. The summed E-state index contributed by atoms with van der Waals surface area (Å²) in [5, 5.41) is 1.45. The minimum absolute atomic E-state index is 0. The second-order valence-corrected chi connectivity index (χ2v) is 6.55. The van der Waals surface area contributed by atoms with Crippen molar-refractivity contribution in [3.63, 3.8) is 0 Å². The molecule has 0 heterocycles. The van der Waals surface area contributed by atoms with Crippen LogP contribution >= 0.6 is 12.4 Å². The third-order valence-corrected chi connectivity index (χ3v) is 4.78. The Hall–Kier alpha value is -1.38. The van der Waals surface area contributed by atoms with E-state index in [4.69, 9.17) is 15.2 Å². The maximum absolute atomic E-state index is 12.6. The van der Waals surface area contributed by atoms with Crippen LogP contribution in [0, 0.1) is 0 Å². The molecule has 0 unspecified atom stereocenters. The third kappa shape index (κ3) is 5.06. The predicted molar refractivity (Wildman–Crippen MR) is 97.4 cm³/mol. The van der Waals surface area contributed by atoms with Crippen LogP contribution in [0.2, 0.25) is 0 Å². The molecule has 0 saturated heterocycles. The van der Waals surface area contributed by atoms with Gasteiger partial charge in [0.1, 0.15) is 17.3 Å². The number of nitrogens with one attached hydrogen (secondary N) is 1. The maximum Gasteiger partial charge on any atom is 0.244 e. The minimum Gasteiger partial charge on any atom is -0.490 e. The normalized spacial score (nSPS) is 11.2. The summed E-state index contributed by atoms with van der Waals surface area (Å²) in [4.78, 5) is 0.139. The van der Waals surface area contributed by atoms with E-state index in [1.165, 1.54) is 0 Å². The second kappa shape index (κ2) is 9.80. The zero-order chi connectivity index (χ0) is 16.7. The lowest BCUT2D eigenvalue weighted by molar-refractivity contribution is 0.109. The van der Waals surface area contributed by atoms with Gasteiger partial charge < -0.3 is 15.2 Å². The average molecular weight is 375 g/mol. The monoisotopic (exact) mass is 374 g/mol. The maximum atomic E-state index is 12.6. The van der Waals surface area contributed by atoms with Crippen molar-refractivity contribution in [2.45, 2.75) is 11.8 Å². The van der Waals surface area contributed by atoms with Crippen LogP contribution in [0.15, 0.2) is 41.3 Å². The van der Waals surface area contributed by atoms with Gasteiger partial charge in [-0.2, -0.15) is 0 Å². The number of sulfonamides is 1. The Morgan fingerprint density at radius 3 is 2.58 bits per heavy atom. The molecule has 2 aromatic carbocycles. The van der Waals surface area contributed by atoms with Crippen LogP contribution in [-0.4, -0.2) is 41.3 Å². The van der Waals surface area contributed by atoms with Crippen molar-refractivity contribution in [2.24, 2.45) is 5.73 Å². The number of hydrogen-bond donors (Lipinski definition) is 2. The molecule has 24 heavy (non-hydrogen) atoms. The zero-order valence-electron chi connectivity index (χ0n) is 13.5. The topological polar surface area (TPSA) is 90.6 Å². The highest BCUT2D eigenvalue weighted by atomic mass is 35.5. The molecule has 0 aliphatic heterocycles. The molecule has 0 aliphatic rings. The number of nitrogens with two attached hydrogens (primary N) is 1. The molecule has 0 saturated carbocycles. The van der Waals surface area contributed by atoms with Crippen LogP contribution in [0.1, 0.15) is 6.92 Å². The summed E-state index contributed by atoms with van der Waals surface area (Å²) in [6.07, 6.45) is 0. The molecule has 0 amide bonds. The molecule has 2 rings (SSSR count). The summed E-state index contributed by atoms with van der Waals surface area (Å²) in [7, 11) is -3.72. The third-order valence-electron chi connectivity index (χ3n) is 3.24. The molecule has 0 aromatic heterocycles. The number of rotatable bonds is 9. The standard InChI is InChI=1S/C16H22N2O4S.ClH/c1-2-21-11-12-22-15-8-7-13-5-3-4-6-14(13)16(15)23(19,20)18-10-9-17;/h3-8,18H,2,9-12,17H2,1H3;1H. The summed E-state index contributed by atoms with van der Waals surface area (Å²) < 4.78 is 38.6. The second-order valence-electron chi connectivity index (χ2n) is 4.85. The van der Waals surface area contributed by atoms with Crippen molar-refractivity contribution in [2.75, 3.05) is 32.9 Å². The fourth-order valence-electron chi connectivity index (χ4n) is 2.23. The van der Waals surface area contributed by atoms with E-state index in [-0.39, 0.29) is 37.0 Å². The highest BCUT2D eigenvalue weighted by molar-refractivity contribution is 7.89. The Morgan fingerprint density at radius 2 is 1.88 bits per heavy atom. The summed E-state index contributed by atoms with van der Waals surface area (Å²) >= 11 is 0. The lowest BCUT2D eigenvalue weighted by Crippen LogP contribution is -2.29. The van der Waals surface area contributed by atoms with Gasteiger partial charge in [0.05, 0.1) is 6.61 Å². The molecule has 8 heteroatoms. The van der Waals surface area contributed by atoms with Crippen molar-refractivity contribution in [1.82, 2.24) is 4.72 Å². The van der Waals surface area contributed by atoms with Crippen LogP contribution in [-0.2, 0) is 14.8 Å². The molecule has 3 N–H and O–H groups in total. The Labute approximate surface area is 148 Å². The molecular formula is C16H23ClN2O4S. The van der Waals surface area contributed by atoms with Crippen LogP contribution in [0.4, 0.5) is 0 Å². The van der Waals surface area contributed by atoms with E-state index in [1.54, 1.807) is 18.2 Å². The highest BCUT2D eigenvalue weighted by Crippen LogP contribution is 2.32. The van der Waals surface area contributed by atoms with E-state index in [1.807, 2.05) is 25.1 Å². The minimum atomic E-state index is -3.72. The summed E-state index contributed by atoms with van der Waals surface area (Å²) in [5.41, 5.74) is 5.40. The predicted octanol–water partition coefficient (Wildman–Crippen LogP) is 1.91. The largest absolute Gasteiger partial charge is 0.490 e. The van der Waals surface area contributed by atoms with Crippen molar-refractivity contribution in [3.8, 4) is 5.75 Å². The first-order valence-electron chi connectivity index (χ1n) is 7.52. The van der Waals surface area contributed by atoms with Gasteiger partial charge >= 0.3 is 0 Å². The van der Waals surface area contributed by atoms with Gasteiger partial charge in [0.2, 0.25) is 10.0 Å². The Bertz CT molecular complexity index is 753. The summed E-state index contributed by atoms with van der Waals surface area (Å²) in [6.45, 7) is 3.56. The van der Waals surface area contributed by atoms with Gasteiger partial charge in [-0.1, -0.05) is 30.3 Å². The SMILES string of the molecule is CCOCCOc1ccc2ccccc2c1S(=O)(=O)NCCN.Cl. The van der Waals surface area contributed by atoms with Crippen molar-refractivity contribution in [1.29, 1.82) is 0 Å². The van der Waals surface area contributed by atoms with E-state index in [2.05, 4.69) is 4.72 Å².